The average Bonchev–Trinajstić information content (AvgIpc) is 2.97. The summed E-state index contributed by atoms with van der Waals surface area (Å²) in [5.74, 6) is 1.07. The van der Waals surface area contributed by atoms with E-state index in [1.54, 1.807) is 18.5 Å². The molecule has 8 heteroatoms. The first-order valence-corrected chi connectivity index (χ1v) is 9.45. The number of aryl methyl sites for hydroxylation is 1. The van der Waals surface area contributed by atoms with Gasteiger partial charge >= 0.3 is 0 Å². The minimum absolute atomic E-state index is 0.0283. The topological polar surface area (TPSA) is 78.9 Å². The lowest BCUT2D eigenvalue weighted by Gasteiger charge is -2.31. The van der Waals surface area contributed by atoms with Crippen LogP contribution < -0.4 is 14.5 Å². The van der Waals surface area contributed by atoms with Gasteiger partial charge in [0, 0.05) is 38.6 Å². The maximum Gasteiger partial charge on any atom is 0.265 e. The van der Waals surface area contributed by atoms with E-state index in [0.29, 0.717) is 37.0 Å². The minimum atomic E-state index is -0.194. The van der Waals surface area contributed by atoms with Crippen LogP contribution in [-0.4, -0.2) is 66.0 Å². The van der Waals surface area contributed by atoms with E-state index >= 15 is 0 Å². The van der Waals surface area contributed by atoms with Gasteiger partial charge < -0.3 is 14.5 Å². The molecule has 0 bridgehead atoms. The lowest BCUT2D eigenvalue weighted by atomic mass is 10.1. The van der Waals surface area contributed by atoms with E-state index in [1.807, 2.05) is 30.0 Å². The fourth-order valence-electron chi connectivity index (χ4n) is 3.54. The summed E-state index contributed by atoms with van der Waals surface area (Å²) in [6.45, 7) is 4.64. The predicted octanol–water partition coefficient (Wildman–Crippen LogP) is 1.25. The van der Waals surface area contributed by atoms with E-state index in [0.717, 1.165) is 18.5 Å². The van der Waals surface area contributed by atoms with Crippen molar-refractivity contribution in [3.8, 4) is 5.75 Å². The molecule has 1 saturated heterocycles. The molecule has 0 atom stereocenters. The molecule has 0 aliphatic carbocycles. The molecule has 0 spiro atoms. The minimum Gasteiger partial charge on any atom is -0.482 e. The summed E-state index contributed by atoms with van der Waals surface area (Å²) < 4.78 is 5.49. The molecule has 4 rings (SSSR count). The average molecular weight is 381 g/mol. The number of amides is 2. The molecule has 1 aromatic heterocycles. The van der Waals surface area contributed by atoms with E-state index in [-0.39, 0.29) is 25.0 Å². The van der Waals surface area contributed by atoms with Crippen LogP contribution in [-0.2, 0) is 9.59 Å². The van der Waals surface area contributed by atoms with Crippen LogP contribution in [0.3, 0.4) is 0 Å². The summed E-state index contributed by atoms with van der Waals surface area (Å²) >= 11 is 0. The van der Waals surface area contributed by atoms with E-state index < -0.39 is 0 Å². The van der Waals surface area contributed by atoms with Gasteiger partial charge in [0.25, 0.3) is 5.91 Å². The van der Waals surface area contributed by atoms with E-state index in [2.05, 4.69) is 14.9 Å². The third-order valence-electron chi connectivity index (χ3n) is 5.03. The third-order valence-corrected chi connectivity index (χ3v) is 5.03. The Morgan fingerprint density at radius 1 is 1.14 bits per heavy atom. The van der Waals surface area contributed by atoms with Crippen LogP contribution in [0.5, 0.6) is 5.75 Å². The first kappa shape index (κ1) is 18.2. The lowest BCUT2D eigenvalue weighted by Crippen LogP contribution is -2.47. The van der Waals surface area contributed by atoms with Gasteiger partial charge in [-0.3, -0.25) is 14.5 Å². The second kappa shape index (κ2) is 7.84. The Balaban J connectivity index is 1.44. The molecule has 0 N–H and O–H groups in total. The van der Waals surface area contributed by atoms with Gasteiger partial charge in [0.1, 0.15) is 12.3 Å². The van der Waals surface area contributed by atoms with Crippen LogP contribution in [0.4, 0.5) is 11.6 Å². The molecule has 0 radical (unpaired) electrons. The first-order chi connectivity index (χ1) is 13.6. The molecule has 146 valence electrons. The predicted molar refractivity (Wildman–Crippen MR) is 104 cm³/mol. The molecule has 3 heterocycles. The molecule has 28 heavy (non-hydrogen) atoms. The zero-order chi connectivity index (χ0) is 19.5. The van der Waals surface area contributed by atoms with Crippen LogP contribution in [0, 0.1) is 6.92 Å². The van der Waals surface area contributed by atoms with Crippen LogP contribution in [0.1, 0.15) is 12.0 Å². The molecule has 2 aromatic rings. The maximum atomic E-state index is 12.9. The lowest BCUT2D eigenvalue weighted by molar-refractivity contribution is -0.131. The largest absolute Gasteiger partial charge is 0.482 e. The van der Waals surface area contributed by atoms with Crippen molar-refractivity contribution in [2.75, 3.05) is 49.1 Å². The zero-order valence-corrected chi connectivity index (χ0v) is 15.9. The van der Waals surface area contributed by atoms with Gasteiger partial charge in [0.2, 0.25) is 11.9 Å². The molecule has 1 aromatic carbocycles. The van der Waals surface area contributed by atoms with Crippen molar-refractivity contribution in [1.82, 2.24) is 14.9 Å². The maximum absolute atomic E-state index is 12.9. The molecular formula is C20H23N5O3. The van der Waals surface area contributed by atoms with Gasteiger partial charge in [0.15, 0.2) is 6.61 Å². The number of benzene rings is 1. The van der Waals surface area contributed by atoms with E-state index in [1.165, 1.54) is 4.90 Å². The Labute approximate surface area is 163 Å². The van der Waals surface area contributed by atoms with Gasteiger partial charge in [-0.1, -0.05) is 6.07 Å². The van der Waals surface area contributed by atoms with Crippen molar-refractivity contribution in [3.05, 3.63) is 42.2 Å². The summed E-state index contributed by atoms with van der Waals surface area (Å²) in [6, 6.07) is 7.45. The number of aromatic nitrogens is 2. The molecule has 0 unspecified atom stereocenters. The highest BCUT2D eigenvalue weighted by Gasteiger charge is 2.29. The molecule has 1 fully saturated rings. The molecule has 2 amide bonds. The van der Waals surface area contributed by atoms with Crippen LogP contribution in [0.25, 0.3) is 0 Å². The standard InChI is InChI=1S/C20H23N5O3/c1-15-4-5-17-16(12-15)25(19(27)14-28-17)13-18(26)23-8-3-9-24(11-10-23)20-21-6-2-7-22-20/h2,4-7,12H,3,8-11,13-14H2,1H3. The highest BCUT2D eigenvalue weighted by atomic mass is 16.5. The van der Waals surface area contributed by atoms with Crippen molar-refractivity contribution in [2.24, 2.45) is 0 Å². The van der Waals surface area contributed by atoms with Crippen LogP contribution in [0.2, 0.25) is 0 Å². The van der Waals surface area contributed by atoms with Crippen molar-refractivity contribution in [2.45, 2.75) is 13.3 Å². The Bertz CT molecular complexity index is 873. The summed E-state index contributed by atoms with van der Waals surface area (Å²) in [5.41, 5.74) is 1.68. The normalized spacial score (nSPS) is 17.0. The van der Waals surface area contributed by atoms with Crippen molar-refractivity contribution in [1.29, 1.82) is 0 Å². The summed E-state index contributed by atoms with van der Waals surface area (Å²) in [4.78, 5) is 39.4. The summed E-state index contributed by atoms with van der Waals surface area (Å²) in [7, 11) is 0. The van der Waals surface area contributed by atoms with E-state index in [9.17, 15) is 9.59 Å². The first-order valence-electron chi connectivity index (χ1n) is 9.45. The second-order valence-corrected chi connectivity index (χ2v) is 7.01. The SMILES string of the molecule is Cc1ccc2c(c1)N(CC(=O)N1CCCN(c3ncccn3)CC1)C(=O)CO2. The van der Waals surface area contributed by atoms with Gasteiger partial charge in [0.05, 0.1) is 5.69 Å². The van der Waals surface area contributed by atoms with Crippen LogP contribution >= 0.6 is 0 Å². The van der Waals surface area contributed by atoms with Crippen LogP contribution in [0.15, 0.2) is 36.7 Å². The quantitative estimate of drug-likeness (QED) is 0.796. The fraction of sp³-hybridized carbons (Fsp3) is 0.400. The number of carbonyl (C=O) groups is 2. The second-order valence-electron chi connectivity index (χ2n) is 7.01. The molecule has 8 nitrogen and oxygen atoms in total. The number of ether oxygens (including phenoxy) is 1. The Hall–Kier alpha value is -3.16. The number of carbonyl (C=O) groups excluding carboxylic acids is 2. The number of hydrogen-bond donors (Lipinski definition) is 0. The van der Waals surface area contributed by atoms with Crippen molar-refractivity contribution < 1.29 is 14.3 Å². The van der Waals surface area contributed by atoms with Gasteiger partial charge in [-0.15, -0.1) is 0 Å². The molecule has 0 saturated carbocycles. The molecule has 2 aliphatic heterocycles. The Morgan fingerprint density at radius 3 is 2.79 bits per heavy atom. The number of nitrogens with zero attached hydrogens (tertiary/aromatic N) is 5. The monoisotopic (exact) mass is 381 g/mol. The zero-order valence-electron chi connectivity index (χ0n) is 15.9. The summed E-state index contributed by atoms with van der Waals surface area (Å²) in [6.07, 6.45) is 4.27. The van der Waals surface area contributed by atoms with Crippen molar-refractivity contribution in [3.63, 3.8) is 0 Å². The Kier molecular flexibility index (Phi) is 5.10. The molecule has 2 aliphatic rings. The smallest absolute Gasteiger partial charge is 0.265 e. The number of rotatable bonds is 3. The van der Waals surface area contributed by atoms with Crippen molar-refractivity contribution >= 4 is 23.5 Å². The third kappa shape index (κ3) is 3.76. The summed E-state index contributed by atoms with van der Waals surface area (Å²) in [5, 5.41) is 0. The highest BCUT2D eigenvalue weighted by molar-refractivity contribution is 6.02. The number of fused-ring (bicyclic) bond motifs is 1. The van der Waals surface area contributed by atoms with Gasteiger partial charge in [-0.25, -0.2) is 9.97 Å². The molecular weight excluding hydrogens is 358 g/mol. The Morgan fingerprint density at radius 2 is 1.96 bits per heavy atom. The van der Waals surface area contributed by atoms with Gasteiger partial charge in [-0.2, -0.15) is 0 Å². The highest BCUT2D eigenvalue weighted by Crippen LogP contribution is 2.32. The number of anilines is 2. The fourth-order valence-corrected chi connectivity index (χ4v) is 3.54. The van der Waals surface area contributed by atoms with E-state index in [4.69, 9.17) is 4.74 Å². The van der Waals surface area contributed by atoms with Gasteiger partial charge in [-0.05, 0) is 37.1 Å². The number of hydrogen-bond acceptors (Lipinski definition) is 6.